The van der Waals surface area contributed by atoms with Crippen molar-refractivity contribution in [2.24, 2.45) is 10.5 Å². The fourth-order valence-electron chi connectivity index (χ4n) is 5.77. The van der Waals surface area contributed by atoms with Gasteiger partial charge in [-0.05, 0) is 104 Å². The zero-order valence-electron chi connectivity index (χ0n) is 28.8. The van der Waals surface area contributed by atoms with Crippen LogP contribution in [0.25, 0.3) is 11.8 Å². The SMILES string of the molecule is CCOC(=O)C1=NN(c2ccc(C(=O)O)cc2)C(=O)/C1=C/C=C1C=C(/C=C/c2c(C(=O)OCC)nn(-c3ccc(C(=O)O)cc3)c2[O-])CC(C)(C)C/1. The fourth-order valence-corrected chi connectivity index (χ4v) is 5.77. The Labute approximate surface area is 298 Å². The van der Waals surface area contributed by atoms with Crippen molar-refractivity contribution in [2.75, 3.05) is 18.2 Å². The zero-order valence-corrected chi connectivity index (χ0v) is 28.8. The van der Waals surface area contributed by atoms with Crippen molar-refractivity contribution in [2.45, 2.75) is 40.5 Å². The molecule has 3 aromatic rings. The molecule has 2 aliphatic rings. The number of ether oxygens (including phenoxy) is 2. The van der Waals surface area contributed by atoms with Crippen molar-refractivity contribution in [3.05, 3.63) is 112 Å². The number of hydrazone groups is 1. The number of carbonyl (C=O) groups is 5. The number of anilines is 1. The van der Waals surface area contributed by atoms with E-state index in [0.29, 0.717) is 12.8 Å². The predicted octanol–water partition coefficient (Wildman–Crippen LogP) is 5.10. The number of carbonyl (C=O) groups excluding carboxylic acids is 3. The average molecular weight is 708 g/mol. The molecule has 1 aliphatic carbocycles. The number of nitrogens with zero attached hydrogens (tertiary/aromatic N) is 4. The number of esters is 2. The van der Waals surface area contributed by atoms with E-state index < -0.39 is 35.7 Å². The van der Waals surface area contributed by atoms with E-state index in [-0.39, 0.29) is 63.7 Å². The van der Waals surface area contributed by atoms with Gasteiger partial charge in [0.1, 0.15) is 0 Å². The van der Waals surface area contributed by atoms with Gasteiger partial charge in [-0.1, -0.05) is 38.2 Å². The molecule has 2 aromatic carbocycles. The normalized spacial score (nSPS) is 17.0. The van der Waals surface area contributed by atoms with Crippen LogP contribution in [0, 0.1) is 5.41 Å². The average Bonchev–Trinajstić information content (AvgIpc) is 3.61. The quantitative estimate of drug-likeness (QED) is 0.198. The molecule has 2 N–H and O–H groups in total. The number of aromatic nitrogens is 2. The summed E-state index contributed by atoms with van der Waals surface area (Å²) in [6, 6.07) is 11.0. The Kier molecular flexibility index (Phi) is 10.7. The second-order valence-corrected chi connectivity index (χ2v) is 12.6. The van der Waals surface area contributed by atoms with Gasteiger partial charge in [-0.15, -0.1) is 0 Å². The lowest BCUT2D eigenvalue weighted by molar-refractivity contribution is -0.278. The number of hydrogen-bond donors (Lipinski definition) is 2. The molecule has 2 heterocycles. The lowest BCUT2D eigenvalue weighted by Gasteiger charge is -2.30. The maximum absolute atomic E-state index is 13.5. The lowest BCUT2D eigenvalue weighted by atomic mass is 9.75. The highest BCUT2D eigenvalue weighted by Gasteiger charge is 2.36. The van der Waals surface area contributed by atoms with Crippen LogP contribution in [0.4, 0.5) is 5.69 Å². The van der Waals surface area contributed by atoms with Gasteiger partial charge in [-0.2, -0.15) is 15.2 Å². The van der Waals surface area contributed by atoms with Crippen LogP contribution in [0.3, 0.4) is 0 Å². The molecular weight excluding hydrogens is 672 g/mol. The molecule has 52 heavy (non-hydrogen) atoms. The molecule has 0 saturated carbocycles. The second kappa shape index (κ2) is 15.1. The minimum atomic E-state index is -1.13. The topological polar surface area (TPSA) is 201 Å². The number of aromatic carboxylic acids is 2. The number of amides is 1. The van der Waals surface area contributed by atoms with Gasteiger partial charge < -0.3 is 24.8 Å². The van der Waals surface area contributed by atoms with Gasteiger partial charge in [0.15, 0.2) is 11.4 Å². The van der Waals surface area contributed by atoms with Crippen LogP contribution in [0.2, 0.25) is 0 Å². The molecule has 268 valence electrons. The monoisotopic (exact) mass is 707 g/mol. The van der Waals surface area contributed by atoms with E-state index >= 15 is 0 Å². The Morgan fingerprint density at radius 1 is 0.846 bits per heavy atom. The number of carboxylic acid groups (broad SMARTS) is 2. The molecule has 14 heteroatoms. The summed E-state index contributed by atoms with van der Waals surface area (Å²) in [7, 11) is 0. The van der Waals surface area contributed by atoms with Crippen molar-refractivity contribution in [3.8, 4) is 11.6 Å². The third kappa shape index (κ3) is 7.91. The van der Waals surface area contributed by atoms with Crippen LogP contribution in [-0.4, -0.2) is 68.7 Å². The Morgan fingerprint density at radius 3 is 2.00 bits per heavy atom. The van der Waals surface area contributed by atoms with Crippen molar-refractivity contribution in [1.29, 1.82) is 0 Å². The van der Waals surface area contributed by atoms with Crippen LogP contribution < -0.4 is 10.1 Å². The maximum atomic E-state index is 13.5. The minimum Gasteiger partial charge on any atom is -0.858 e. The first-order valence-electron chi connectivity index (χ1n) is 16.3. The molecule has 0 radical (unpaired) electrons. The lowest BCUT2D eigenvalue weighted by Crippen LogP contribution is -2.23. The summed E-state index contributed by atoms with van der Waals surface area (Å²) in [4.78, 5) is 61.8. The highest BCUT2D eigenvalue weighted by molar-refractivity contribution is 6.53. The summed E-state index contributed by atoms with van der Waals surface area (Å²) in [5.74, 6) is -5.06. The van der Waals surface area contributed by atoms with E-state index in [4.69, 9.17) is 9.47 Å². The van der Waals surface area contributed by atoms with Crippen LogP contribution in [-0.2, 0) is 19.1 Å². The Morgan fingerprint density at radius 2 is 1.42 bits per heavy atom. The summed E-state index contributed by atoms with van der Waals surface area (Å²) in [6.07, 6.45) is 9.47. The molecule has 1 aromatic heterocycles. The van der Waals surface area contributed by atoms with Crippen LogP contribution in [0.1, 0.15) is 77.3 Å². The maximum Gasteiger partial charge on any atom is 0.359 e. The standard InChI is InChI=1S/C38H36N4O10/c1-5-51-36(49)30-28(32(43)41(39-30)26-13-9-24(10-14-26)34(45)46)17-7-22-19-23(21-38(3,4)20-22)8-18-29-31(37(50)52-6-2)40-42(33(29)44)27-15-11-25(12-16-27)35(47)48/h7-19,43H,5-6,20-21H2,1-4H3,(H,45,46)(H,47,48)/p-1/b17-7+,23-8-,29-18+. The molecule has 1 amide bonds. The Balaban J connectivity index is 1.49. The van der Waals surface area contributed by atoms with E-state index in [9.17, 15) is 39.3 Å². The number of carboxylic acids is 2. The van der Waals surface area contributed by atoms with Gasteiger partial charge in [-0.25, -0.2) is 23.9 Å². The summed E-state index contributed by atoms with van der Waals surface area (Å²) in [5, 5.41) is 41.5. The van der Waals surface area contributed by atoms with Gasteiger partial charge in [0.25, 0.3) is 5.91 Å². The van der Waals surface area contributed by atoms with E-state index in [2.05, 4.69) is 10.2 Å². The number of rotatable bonds is 11. The van der Waals surface area contributed by atoms with Crippen molar-refractivity contribution in [3.63, 3.8) is 0 Å². The van der Waals surface area contributed by atoms with Crippen LogP contribution in [0.5, 0.6) is 5.88 Å². The van der Waals surface area contributed by atoms with Crippen LogP contribution in [0.15, 0.2) is 94.7 Å². The molecule has 14 nitrogen and oxygen atoms in total. The Bertz CT molecular complexity index is 2100. The van der Waals surface area contributed by atoms with E-state index in [1.54, 1.807) is 26.0 Å². The first kappa shape index (κ1) is 36.7. The first-order valence-corrected chi connectivity index (χ1v) is 16.3. The first-order chi connectivity index (χ1) is 24.7. The molecule has 1 aliphatic heterocycles. The van der Waals surface area contributed by atoms with Crippen molar-refractivity contribution in [1.82, 2.24) is 9.78 Å². The van der Waals surface area contributed by atoms with Crippen LogP contribution >= 0.6 is 0 Å². The smallest absolute Gasteiger partial charge is 0.359 e. The summed E-state index contributed by atoms with van der Waals surface area (Å²) >= 11 is 0. The molecule has 0 unspecified atom stereocenters. The molecule has 0 bridgehead atoms. The van der Waals surface area contributed by atoms with Gasteiger partial charge >= 0.3 is 23.9 Å². The molecule has 5 rings (SSSR count). The van der Waals surface area contributed by atoms with Gasteiger partial charge in [0.05, 0.1) is 41.3 Å². The second-order valence-electron chi connectivity index (χ2n) is 12.6. The summed E-state index contributed by atoms with van der Waals surface area (Å²) in [6.45, 7) is 7.46. The summed E-state index contributed by atoms with van der Waals surface area (Å²) < 4.78 is 11.3. The summed E-state index contributed by atoms with van der Waals surface area (Å²) in [5.41, 5.74) is 1.47. The van der Waals surface area contributed by atoms with Gasteiger partial charge in [0.2, 0.25) is 0 Å². The number of allylic oxidation sites excluding steroid dienone is 6. The van der Waals surface area contributed by atoms with Crippen molar-refractivity contribution < 1.29 is 48.8 Å². The zero-order chi connectivity index (χ0) is 37.7. The van der Waals surface area contributed by atoms with Crippen molar-refractivity contribution >= 4 is 47.3 Å². The number of hydrogen-bond acceptors (Lipinski definition) is 10. The minimum absolute atomic E-state index is 0.0130. The van der Waals surface area contributed by atoms with E-state index in [0.717, 1.165) is 20.8 Å². The third-order valence-corrected chi connectivity index (χ3v) is 8.08. The van der Waals surface area contributed by atoms with Gasteiger partial charge in [0, 0.05) is 5.56 Å². The van der Waals surface area contributed by atoms with Gasteiger partial charge in [-0.3, -0.25) is 4.79 Å². The largest absolute Gasteiger partial charge is 0.858 e. The molecule has 0 atom stereocenters. The molecule has 0 fully saturated rings. The highest BCUT2D eigenvalue weighted by Crippen LogP contribution is 2.39. The predicted molar refractivity (Wildman–Crippen MR) is 187 cm³/mol. The number of benzene rings is 2. The van der Waals surface area contributed by atoms with E-state index in [1.165, 1.54) is 60.7 Å². The van der Waals surface area contributed by atoms with E-state index in [1.807, 2.05) is 19.9 Å². The Hall–Kier alpha value is -6.57. The highest BCUT2D eigenvalue weighted by atomic mass is 16.5. The molecule has 0 spiro atoms. The fraction of sp³-hybridized carbons (Fsp3) is 0.237. The molecular formula is C38H35N4O10-. The molecule has 0 saturated heterocycles. The third-order valence-electron chi connectivity index (χ3n) is 8.08.